The largest absolute Gasteiger partial charge is 0.497 e. The van der Waals surface area contributed by atoms with E-state index in [2.05, 4.69) is 15.2 Å². The number of thiazole rings is 1. The Morgan fingerprint density at radius 1 is 1.20 bits per heavy atom. The Kier molecular flexibility index (Phi) is 5.45. The number of thioether (sulfide) groups is 1. The van der Waals surface area contributed by atoms with Crippen LogP contribution in [0.25, 0.3) is 10.6 Å². The molecular weight excluding hydrogens is 354 g/mol. The van der Waals surface area contributed by atoms with Gasteiger partial charge in [-0.2, -0.15) is 0 Å². The molecule has 0 bridgehead atoms. The van der Waals surface area contributed by atoms with Gasteiger partial charge in [0.15, 0.2) is 5.78 Å². The molecule has 25 heavy (non-hydrogen) atoms. The summed E-state index contributed by atoms with van der Waals surface area (Å²) in [6, 6.07) is 11.0. The fourth-order valence-electron chi connectivity index (χ4n) is 2.31. The van der Waals surface area contributed by atoms with Crippen LogP contribution in [-0.4, -0.2) is 33.8 Å². The first-order valence-corrected chi connectivity index (χ1v) is 9.45. The highest BCUT2D eigenvalue weighted by molar-refractivity contribution is 7.99. The van der Waals surface area contributed by atoms with Gasteiger partial charge in [0.2, 0.25) is 0 Å². The molecule has 7 heteroatoms. The molecule has 0 amide bonds. The van der Waals surface area contributed by atoms with Crippen LogP contribution in [0.5, 0.6) is 5.75 Å². The molecule has 0 atom stereocenters. The van der Waals surface area contributed by atoms with Gasteiger partial charge in [-0.1, -0.05) is 23.9 Å². The number of aryl methyl sites for hydroxylation is 2. The molecule has 0 radical (unpaired) electrons. The van der Waals surface area contributed by atoms with Crippen molar-refractivity contribution in [2.45, 2.75) is 18.9 Å². The molecule has 5 nitrogen and oxygen atoms in total. The van der Waals surface area contributed by atoms with E-state index in [0.717, 1.165) is 26.3 Å². The van der Waals surface area contributed by atoms with Gasteiger partial charge in [-0.05, 0) is 38.1 Å². The molecule has 2 aromatic heterocycles. The lowest BCUT2D eigenvalue weighted by Crippen LogP contribution is -2.03. The molecular formula is C18H17N3O2S2. The van der Waals surface area contributed by atoms with Crippen LogP contribution in [0.15, 0.2) is 41.4 Å². The summed E-state index contributed by atoms with van der Waals surface area (Å²) in [5, 5.41) is 10.2. The molecule has 3 aromatic rings. The van der Waals surface area contributed by atoms with Gasteiger partial charge in [0.25, 0.3) is 0 Å². The molecule has 0 saturated heterocycles. The summed E-state index contributed by atoms with van der Waals surface area (Å²) in [5.74, 6) is 1.01. The van der Waals surface area contributed by atoms with E-state index in [-0.39, 0.29) is 5.78 Å². The highest BCUT2D eigenvalue weighted by atomic mass is 32.2. The van der Waals surface area contributed by atoms with Crippen LogP contribution >= 0.6 is 23.1 Å². The Morgan fingerprint density at radius 3 is 2.68 bits per heavy atom. The molecule has 0 unspecified atom stereocenters. The Morgan fingerprint density at radius 2 is 2.04 bits per heavy atom. The third-order valence-electron chi connectivity index (χ3n) is 3.52. The molecule has 0 spiro atoms. The van der Waals surface area contributed by atoms with Gasteiger partial charge < -0.3 is 4.74 Å². The average Bonchev–Trinajstić information content (AvgIpc) is 2.98. The first-order chi connectivity index (χ1) is 12.1. The predicted octanol–water partition coefficient (Wildman–Crippen LogP) is 4.20. The van der Waals surface area contributed by atoms with Crippen molar-refractivity contribution >= 4 is 28.9 Å². The molecule has 0 aliphatic rings. The number of methoxy groups -OCH3 is 1. The normalized spacial score (nSPS) is 10.7. The first-order valence-electron chi connectivity index (χ1n) is 7.65. The van der Waals surface area contributed by atoms with E-state index in [1.54, 1.807) is 30.6 Å². The number of aromatic nitrogens is 3. The summed E-state index contributed by atoms with van der Waals surface area (Å²) in [4.78, 5) is 17.7. The smallest absolute Gasteiger partial charge is 0.173 e. The molecule has 3 rings (SSSR count). The molecule has 128 valence electrons. The molecule has 1 aromatic carbocycles. The number of hydrogen-bond acceptors (Lipinski definition) is 7. The number of carbonyl (C=O) groups is 1. The zero-order valence-electron chi connectivity index (χ0n) is 14.1. The quantitative estimate of drug-likeness (QED) is 0.478. The Labute approximate surface area is 154 Å². The van der Waals surface area contributed by atoms with Crippen LogP contribution in [-0.2, 0) is 0 Å². The number of Topliss-reactive ketones (excluding diaryl/α,β-unsaturated/α-hetero) is 1. The van der Waals surface area contributed by atoms with Crippen molar-refractivity contribution in [1.29, 1.82) is 0 Å². The van der Waals surface area contributed by atoms with Crippen LogP contribution in [0.2, 0.25) is 0 Å². The average molecular weight is 371 g/mol. The van der Waals surface area contributed by atoms with E-state index in [4.69, 9.17) is 4.74 Å². The summed E-state index contributed by atoms with van der Waals surface area (Å²) in [6.07, 6.45) is 0. The number of carbonyl (C=O) groups excluding carboxylic acids is 1. The van der Waals surface area contributed by atoms with E-state index in [1.165, 1.54) is 11.8 Å². The second-order valence-electron chi connectivity index (χ2n) is 5.35. The topological polar surface area (TPSA) is 65.0 Å². The van der Waals surface area contributed by atoms with E-state index in [9.17, 15) is 4.79 Å². The maximum absolute atomic E-state index is 12.3. The van der Waals surface area contributed by atoms with Crippen LogP contribution in [0.3, 0.4) is 0 Å². The van der Waals surface area contributed by atoms with Gasteiger partial charge in [0.05, 0.1) is 28.4 Å². The summed E-state index contributed by atoms with van der Waals surface area (Å²) < 4.78 is 5.15. The van der Waals surface area contributed by atoms with Crippen molar-refractivity contribution in [3.8, 4) is 16.3 Å². The zero-order chi connectivity index (χ0) is 17.8. The molecule has 0 aliphatic heterocycles. The van der Waals surface area contributed by atoms with Crippen LogP contribution in [0.4, 0.5) is 0 Å². The van der Waals surface area contributed by atoms with E-state index in [0.29, 0.717) is 17.1 Å². The fraction of sp³-hybridized carbons (Fsp3) is 0.222. The number of benzene rings is 1. The minimum atomic E-state index is 0.0312. The highest BCUT2D eigenvalue weighted by Crippen LogP contribution is 2.28. The van der Waals surface area contributed by atoms with Crippen molar-refractivity contribution in [1.82, 2.24) is 15.2 Å². The second kappa shape index (κ2) is 7.76. The van der Waals surface area contributed by atoms with Crippen molar-refractivity contribution in [3.63, 3.8) is 0 Å². The number of ether oxygens (including phenoxy) is 1. The Hall–Kier alpha value is -2.25. The van der Waals surface area contributed by atoms with Crippen molar-refractivity contribution in [2.24, 2.45) is 0 Å². The van der Waals surface area contributed by atoms with Crippen molar-refractivity contribution < 1.29 is 9.53 Å². The summed E-state index contributed by atoms with van der Waals surface area (Å²) in [7, 11) is 1.59. The molecule has 0 N–H and O–H groups in total. The lowest BCUT2D eigenvalue weighted by atomic mass is 10.1. The van der Waals surface area contributed by atoms with Crippen LogP contribution in [0.1, 0.15) is 21.1 Å². The summed E-state index contributed by atoms with van der Waals surface area (Å²) in [6.45, 7) is 3.94. The van der Waals surface area contributed by atoms with Crippen LogP contribution < -0.4 is 4.74 Å². The van der Waals surface area contributed by atoms with E-state index >= 15 is 0 Å². The minimum absolute atomic E-state index is 0.0312. The SMILES string of the molecule is COc1cccc(C(=O)CSc2ccc(-c3sc(C)nc3C)nn2)c1. The standard InChI is InChI=1S/C18H17N3O2S2/c1-11-18(25-12(2)19-11)15-7-8-17(21-20-15)24-10-16(22)13-5-4-6-14(9-13)23-3/h4-9H,10H2,1-3H3. The van der Waals surface area contributed by atoms with Gasteiger partial charge in [-0.25, -0.2) is 4.98 Å². The monoisotopic (exact) mass is 371 g/mol. The maximum atomic E-state index is 12.3. The number of nitrogens with zero attached hydrogens (tertiary/aromatic N) is 3. The Balaban J connectivity index is 1.65. The highest BCUT2D eigenvalue weighted by Gasteiger charge is 2.11. The molecule has 0 saturated carbocycles. The third-order valence-corrected chi connectivity index (χ3v) is 5.53. The molecule has 0 aliphatic carbocycles. The summed E-state index contributed by atoms with van der Waals surface area (Å²) in [5.41, 5.74) is 2.41. The van der Waals surface area contributed by atoms with Gasteiger partial charge in [0, 0.05) is 5.56 Å². The van der Waals surface area contributed by atoms with Crippen LogP contribution in [0, 0.1) is 13.8 Å². The third kappa shape index (κ3) is 4.24. The fourth-order valence-corrected chi connectivity index (χ4v) is 3.90. The first kappa shape index (κ1) is 17.6. The lowest BCUT2D eigenvalue weighted by Gasteiger charge is -2.04. The van der Waals surface area contributed by atoms with Crippen molar-refractivity contribution in [2.75, 3.05) is 12.9 Å². The van der Waals surface area contributed by atoms with Gasteiger partial charge in [-0.3, -0.25) is 4.79 Å². The molecule has 0 fully saturated rings. The van der Waals surface area contributed by atoms with Gasteiger partial charge in [-0.15, -0.1) is 21.5 Å². The second-order valence-corrected chi connectivity index (χ2v) is 7.55. The molecule has 2 heterocycles. The minimum Gasteiger partial charge on any atom is -0.497 e. The lowest BCUT2D eigenvalue weighted by molar-refractivity contribution is 0.102. The predicted molar refractivity (Wildman–Crippen MR) is 101 cm³/mol. The van der Waals surface area contributed by atoms with E-state index in [1.807, 2.05) is 38.1 Å². The Bertz CT molecular complexity index is 892. The van der Waals surface area contributed by atoms with Crippen molar-refractivity contribution in [3.05, 3.63) is 52.7 Å². The van der Waals surface area contributed by atoms with E-state index < -0.39 is 0 Å². The maximum Gasteiger partial charge on any atom is 0.173 e. The number of hydrogen-bond donors (Lipinski definition) is 0. The number of ketones is 1. The summed E-state index contributed by atoms with van der Waals surface area (Å²) >= 11 is 2.98. The van der Waals surface area contributed by atoms with Gasteiger partial charge >= 0.3 is 0 Å². The number of rotatable bonds is 6. The zero-order valence-corrected chi connectivity index (χ0v) is 15.8. The van der Waals surface area contributed by atoms with Gasteiger partial charge in [0.1, 0.15) is 16.5 Å².